The molecule has 0 saturated carbocycles. The highest BCUT2D eigenvalue weighted by molar-refractivity contribution is 6.30. The molecule has 24 heavy (non-hydrogen) atoms. The van der Waals surface area contributed by atoms with Crippen LogP contribution >= 0.6 is 11.6 Å². The third-order valence-electron chi connectivity index (χ3n) is 3.57. The number of carboxylic acid groups (broad SMARTS) is 1. The van der Waals surface area contributed by atoms with Gasteiger partial charge in [-0.25, -0.2) is 4.98 Å². The molecule has 0 aliphatic carbocycles. The molecule has 0 unspecified atom stereocenters. The van der Waals surface area contributed by atoms with E-state index in [1.54, 1.807) is 18.3 Å². The lowest BCUT2D eigenvalue weighted by atomic mass is 10.2. The summed E-state index contributed by atoms with van der Waals surface area (Å²) in [6.45, 7) is 2.52. The number of rotatable bonds is 8. The SMILES string of the molecule is CCN(CCC(=O)O)C(=O)CCc1ncc(-c2ccc(Cl)cc2)o1. The van der Waals surface area contributed by atoms with E-state index < -0.39 is 5.97 Å². The van der Waals surface area contributed by atoms with Gasteiger partial charge in [0.05, 0.1) is 12.6 Å². The summed E-state index contributed by atoms with van der Waals surface area (Å²) in [5.41, 5.74) is 0.862. The van der Waals surface area contributed by atoms with Gasteiger partial charge in [0.2, 0.25) is 5.91 Å². The quantitative estimate of drug-likeness (QED) is 0.790. The minimum absolute atomic E-state index is 0.0563. The highest BCUT2D eigenvalue weighted by Gasteiger charge is 2.15. The van der Waals surface area contributed by atoms with Crippen molar-refractivity contribution < 1.29 is 19.1 Å². The molecule has 0 aliphatic heterocycles. The number of aryl methyl sites for hydroxylation is 1. The lowest BCUT2D eigenvalue weighted by Crippen LogP contribution is -2.33. The largest absolute Gasteiger partial charge is 0.481 e. The molecule has 7 heteroatoms. The van der Waals surface area contributed by atoms with E-state index in [-0.39, 0.29) is 25.3 Å². The smallest absolute Gasteiger partial charge is 0.305 e. The number of aliphatic carboxylic acids is 1. The highest BCUT2D eigenvalue weighted by atomic mass is 35.5. The van der Waals surface area contributed by atoms with Gasteiger partial charge >= 0.3 is 5.97 Å². The molecular weight excluding hydrogens is 332 g/mol. The molecule has 0 atom stereocenters. The first-order chi connectivity index (χ1) is 11.5. The average molecular weight is 351 g/mol. The van der Waals surface area contributed by atoms with Crippen LogP contribution in [0.25, 0.3) is 11.3 Å². The number of nitrogens with zero attached hydrogens (tertiary/aromatic N) is 2. The van der Waals surface area contributed by atoms with E-state index >= 15 is 0 Å². The Bertz CT molecular complexity index is 697. The Morgan fingerprint density at radius 2 is 1.96 bits per heavy atom. The van der Waals surface area contributed by atoms with E-state index in [2.05, 4.69) is 4.98 Å². The number of oxazole rings is 1. The molecule has 0 aliphatic rings. The number of halogens is 1. The monoisotopic (exact) mass is 350 g/mol. The van der Waals surface area contributed by atoms with Crippen LogP contribution in [0.3, 0.4) is 0 Å². The van der Waals surface area contributed by atoms with Gasteiger partial charge in [-0.1, -0.05) is 11.6 Å². The summed E-state index contributed by atoms with van der Waals surface area (Å²) < 4.78 is 5.65. The molecule has 0 spiro atoms. The number of carboxylic acids is 1. The normalized spacial score (nSPS) is 10.6. The average Bonchev–Trinajstić information content (AvgIpc) is 3.03. The van der Waals surface area contributed by atoms with E-state index in [4.69, 9.17) is 21.1 Å². The molecule has 1 amide bonds. The number of hydrogen-bond donors (Lipinski definition) is 1. The minimum Gasteiger partial charge on any atom is -0.481 e. The first-order valence-corrected chi connectivity index (χ1v) is 8.07. The van der Waals surface area contributed by atoms with Gasteiger partial charge in [-0.2, -0.15) is 0 Å². The maximum absolute atomic E-state index is 12.1. The van der Waals surface area contributed by atoms with E-state index in [0.717, 1.165) is 5.56 Å². The van der Waals surface area contributed by atoms with Crippen LogP contribution in [-0.4, -0.2) is 40.0 Å². The molecule has 6 nitrogen and oxygen atoms in total. The molecule has 1 N–H and O–H groups in total. The van der Waals surface area contributed by atoms with Crippen LogP contribution in [0.15, 0.2) is 34.9 Å². The molecule has 2 aromatic rings. The maximum atomic E-state index is 12.1. The fourth-order valence-corrected chi connectivity index (χ4v) is 2.36. The van der Waals surface area contributed by atoms with Crippen LogP contribution in [0.1, 0.15) is 25.7 Å². The van der Waals surface area contributed by atoms with Crippen molar-refractivity contribution in [2.45, 2.75) is 26.2 Å². The minimum atomic E-state index is -0.915. The Kier molecular flexibility index (Phi) is 6.37. The summed E-state index contributed by atoms with van der Waals surface area (Å²) in [4.78, 5) is 28.4. The highest BCUT2D eigenvalue weighted by Crippen LogP contribution is 2.22. The zero-order valence-electron chi connectivity index (χ0n) is 13.4. The standard InChI is InChI=1S/C17H19ClN2O4/c1-2-20(10-9-17(22)23)16(21)8-7-15-19-11-14(24-15)12-3-5-13(18)6-4-12/h3-6,11H,2,7-10H2,1H3,(H,22,23). The van der Waals surface area contributed by atoms with Crippen molar-refractivity contribution in [3.05, 3.63) is 41.4 Å². The lowest BCUT2D eigenvalue weighted by molar-refractivity contribution is -0.138. The summed E-state index contributed by atoms with van der Waals surface area (Å²) in [6.07, 6.45) is 2.16. The number of hydrogen-bond acceptors (Lipinski definition) is 4. The van der Waals surface area contributed by atoms with Crippen LogP contribution in [0.4, 0.5) is 0 Å². The van der Waals surface area contributed by atoms with Gasteiger partial charge in [-0.05, 0) is 31.2 Å². The van der Waals surface area contributed by atoms with E-state index in [0.29, 0.717) is 29.6 Å². The summed E-state index contributed by atoms with van der Waals surface area (Å²) in [7, 11) is 0. The Hall–Kier alpha value is -2.34. The number of benzene rings is 1. The number of amides is 1. The second kappa shape index (κ2) is 8.49. The third-order valence-corrected chi connectivity index (χ3v) is 3.82. The zero-order valence-corrected chi connectivity index (χ0v) is 14.1. The number of carbonyl (C=O) groups is 2. The molecule has 1 heterocycles. The molecule has 2 rings (SSSR count). The molecule has 1 aromatic carbocycles. The van der Waals surface area contributed by atoms with Crippen molar-refractivity contribution in [1.82, 2.24) is 9.88 Å². The number of carbonyl (C=O) groups excluding carboxylic acids is 1. The van der Waals surface area contributed by atoms with E-state index in [1.165, 1.54) is 4.90 Å². The first-order valence-electron chi connectivity index (χ1n) is 7.69. The number of aromatic nitrogens is 1. The van der Waals surface area contributed by atoms with Crippen molar-refractivity contribution in [1.29, 1.82) is 0 Å². The van der Waals surface area contributed by atoms with Crippen molar-refractivity contribution in [2.24, 2.45) is 0 Å². The van der Waals surface area contributed by atoms with Crippen molar-refractivity contribution in [3.8, 4) is 11.3 Å². The second-order valence-corrected chi connectivity index (χ2v) is 5.68. The molecule has 128 valence electrons. The predicted molar refractivity (Wildman–Crippen MR) is 89.8 cm³/mol. The topological polar surface area (TPSA) is 83.6 Å². The Balaban J connectivity index is 1.91. The van der Waals surface area contributed by atoms with Crippen molar-refractivity contribution >= 4 is 23.5 Å². The molecule has 0 bridgehead atoms. The maximum Gasteiger partial charge on any atom is 0.305 e. The van der Waals surface area contributed by atoms with Gasteiger partial charge in [0.1, 0.15) is 0 Å². The van der Waals surface area contributed by atoms with Gasteiger partial charge in [0.25, 0.3) is 0 Å². The van der Waals surface area contributed by atoms with Crippen LogP contribution in [0.5, 0.6) is 0 Å². The summed E-state index contributed by atoms with van der Waals surface area (Å²) in [5, 5.41) is 9.35. The molecule has 1 aromatic heterocycles. The zero-order chi connectivity index (χ0) is 17.5. The Morgan fingerprint density at radius 3 is 2.58 bits per heavy atom. The Morgan fingerprint density at radius 1 is 1.25 bits per heavy atom. The van der Waals surface area contributed by atoms with Gasteiger partial charge < -0.3 is 14.4 Å². The predicted octanol–water partition coefficient (Wildman–Crippen LogP) is 3.25. The molecular formula is C17H19ClN2O4. The molecule has 0 saturated heterocycles. The lowest BCUT2D eigenvalue weighted by Gasteiger charge is -2.19. The van der Waals surface area contributed by atoms with E-state index in [9.17, 15) is 9.59 Å². The Labute approximate surface area is 145 Å². The van der Waals surface area contributed by atoms with Crippen LogP contribution < -0.4 is 0 Å². The summed E-state index contributed by atoms with van der Waals surface area (Å²) in [6, 6.07) is 7.21. The van der Waals surface area contributed by atoms with Crippen molar-refractivity contribution in [3.63, 3.8) is 0 Å². The van der Waals surface area contributed by atoms with Crippen LogP contribution in [-0.2, 0) is 16.0 Å². The molecule has 0 fully saturated rings. The molecule has 0 radical (unpaired) electrons. The van der Waals surface area contributed by atoms with Crippen LogP contribution in [0, 0.1) is 0 Å². The van der Waals surface area contributed by atoms with Gasteiger partial charge in [-0.3, -0.25) is 9.59 Å². The second-order valence-electron chi connectivity index (χ2n) is 5.24. The first kappa shape index (κ1) is 18.0. The fraction of sp³-hybridized carbons (Fsp3) is 0.353. The van der Waals surface area contributed by atoms with E-state index in [1.807, 2.05) is 19.1 Å². The van der Waals surface area contributed by atoms with Crippen molar-refractivity contribution in [2.75, 3.05) is 13.1 Å². The van der Waals surface area contributed by atoms with Gasteiger partial charge in [0.15, 0.2) is 11.7 Å². The van der Waals surface area contributed by atoms with Gasteiger partial charge in [-0.15, -0.1) is 0 Å². The summed E-state index contributed by atoms with van der Waals surface area (Å²) in [5.74, 6) is 0.0708. The summed E-state index contributed by atoms with van der Waals surface area (Å²) >= 11 is 5.85. The van der Waals surface area contributed by atoms with Gasteiger partial charge in [0, 0.05) is 36.5 Å². The fourth-order valence-electron chi connectivity index (χ4n) is 2.24. The van der Waals surface area contributed by atoms with Crippen LogP contribution in [0.2, 0.25) is 5.02 Å². The third kappa shape index (κ3) is 5.09.